The van der Waals surface area contributed by atoms with Crippen molar-refractivity contribution in [2.24, 2.45) is 0 Å². The number of aromatic nitrogens is 1. The number of hydrogen-bond acceptors (Lipinski definition) is 5. The zero-order valence-electron chi connectivity index (χ0n) is 16.6. The van der Waals surface area contributed by atoms with Crippen molar-refractivity contribution in [2.45, 2.75) is 19.9 Å². The summed E-state index contributed by atoms with van der Waals surface area (Å²) >= 11 is 7.74. The number of carbonyl (C=O) groups is 1. The molecule has 0 bridgehead atoms. The summed E-state index contributed by atoms with van der Waals surface area (Å²) in [5.74, 6) is 1.34. The molecule has 0 fully saturated rings. The van der Waals surface area contributed by atoms with Gasteiger partial charge < -0.3 is 14.4 Å². The van der Waals surface area contributed by atoms with Crippen LogP contribution in [0.2, 0.25) is 5.02 Å². The molecule has 0 spiro atoms. The van der Waals surface area contributed by atoms with E-state index in [0.29, 0.717) is 29.6 Å². The summed E-state index contributed by atoms with van der Waals surface area (Å²) in [5.41, 5.74) is 2.62. The lowest BCUT2D eigenvalue weighted by molar-refractivity contribution is -0.130. The molecule has 0 unspecified atom stereocenters. The fourth-order valence-corrected chi connectivity index (χ4v) is 3.98. The van der Waals surface area contributed by atoms with E-state index in [2.05, 4.69) is 4.98 Å². The second kappa shape index (κ2) is 9.76. The van der Waals surface area contributed by atoms with Crippen molar-refractivity contribution in [1.29, 1.82) is 0 Å². The first-order valence-electron chi connectivity index (χ1n) is 9.23. The van der Waals surface area contributed by atoms with Gasteiger partial charge >= 0.3 is 0 Å². The van der Waals surface area contributed by atoms with Crippen molar-refractivity contribution in [3.8, 4) is 22.1 Å². The monoisotopic (exact) mass is 430 g/mol. The van der Waals surface area contributed by atoms with Crippen LogP contribution < -0.4 is 9.47 Å². The summed E-state index contributed by atoms with van der Waals surface area (Å²) in [6.07, 6.45) is 0.252. The van der Waals surface area contributed by atoms with Gasteiger partial charge in [0.15, 0.2) is 11.5 Å². The zero-order valence-corrected chi connectivity index (χ0v) is 18.2. The molecular formula is C22H23ClN2O3S. The van der Waals surface area contributed by atoms with Gasteiger partial charge in [0.2, 0.25) is 5.91 Å². The lowest BCUT2D eigenvalue weighted by atomic mass is 10.2. The number of thiazole rings is 1. The van der Waals surface area contributed by atoms with E-state index in [0.717, 1.165) is 21.8 Å². The quantitative estimate of drug-likeness (QED) is 0.500. The second-order valence-electron chi connectivity index (χ2n) is 6.39. The topological polar surface area (TPSA) is 51.7 Å². The molecule has 7 heteroatoms. The molecule has 0 aliphatic carbocycles. The number of ether oxygens (including phenoxy) is 2. The van der Waals surface area contributed by atoms with Gasteiger partial charge in [0.1, 0.15) is 5.01 Å². The zero-order chi connectivity index (χ0) is 20.8. The molecule has 0 N–H and O–H groups in total. The molecule has 0 aliphatic rings. The number of nitrogens with zero attached hydrogens (tertiary/aromatic N) is 2. The number of benzene rings is 2. The Morgan fingerprint density at radius 2 is 1.90 bits per heavy atom. The minimum Gasteiger partial charge on any atom is -0.493 e. The maximum absolute atomic E-state index is 12.8. The van der Waals surface area contributed by atoms with Crippen LogP contribution in [-0.2, 0) is 17.8 Å². The molecule has 1 heterocycles. The molecule has 3 aromatic rings. The normalized spacial score (nSPS) is 10.6. The van der Waals surface area contributed by atoms with Crippen molar-refractivity contribution in [3.63, 3.8) is 0 Å². The Bertz CT molecular complexity index is 990. The fourth-order valence-electron chi connectivity index (χ4n) is 2.97. The number of likely N-dealkylation sites (N-methyl/N-ethyl adjacent to an activating group) is 1. The number of amides is 1. The Balaban J connectivity index is 1.72. The third kappa shape index (κ3) is 5.08. The SMILES string of the molecule is CCN(Cc1ccccc1Cl)C(=O)Cc1csc(-c2ccc(OC)c(OC)c2)n1. The predicted octanol–water partition coefficient (Wildman–Crippen LogP) is 5.07. The Labute approximate surface area is 179 Å². The van der Waals surface area contributed by atoms with Gasteiger partial charge in [-0.05, 0) is 36.8 Å². The Morgan fingerprint density at radius 3 is 2.59 bits per heavy atom. The van der Waals surface area contributed by atoms with Gasteiger partial charge in [-0.15, -0.1) is 11.3 Å². The van der Waals surface area contributed by atoms with Gasteiger partial charge in [0.05, 0.1) is 26.3 Å². The molecule has 152 valence electrons. The van der Waals surface area contributed by atoms with E-state index in [1.54, 1.807) is 19.1 Å². The van der Waals surface area contributed by atoms with E-state index >= 15 is 0 Å². The first kappa shape index (κ1) is 21.1. The first-order chi connectivity index (χ1) is 14.0. The van der Waals surface area contributed by atoms with Crippen molar-refractivity contribution < 1.29 is 14.3 Å². The third-order valence-electron chi connectivity index (χ3n) is 4.57. The minimum absolute atomic E-state index is 0.0246. The van der Waals surface area contributed by atoms with E-state index in [9.17, 15) is 4.79 Å². The maximum Gasteiger partial charge on any atom is 0.228 e. The molecular weight excluding hydrogens is 408 g/mol. The molecule has 0 radical (unpaired) electrons. The molecule has 0 aliphatic heterocycles. The molecule has 3 rings (SSSR count). The largest absolute Gasteiger partial charge is 0.493 e. The average molecular weight is 431 g/mol. The van der Waals surface area contributed by atoms with Gasteiger partial charge in [0.25, 0.3) is 0 Å². The van der Waals surface area contributed by atoms with Crippen molar-refractivity contribution in [1.82, 2.24) is 9.88 Å². The smallest absolute Gasteiger partial charge is 0.228 e. The summed E-state index contributed by atoms with van der Waals surface area (Å²) in [4.78, 5) is 19.2. The average Bonchev–Trinajstić information content (AvgIpc) is 3.20. The van der Waals surface area contributed by atoms with Crippen LogP contribution in [0.15, 0.2) is 47.8 Å². The molecule has 1 aromatic heterocycles. The van der Waals surface area contributed by atoms with Crippen LogP contribution in [0.5, 0.6) is 11.5 Å². The highest BCUT2D eigenvalue weighted by atomic mass is 35.5. The fraction of sp³-hybridized carbons (Fsp3) is 0.273. The summed E-state index contributed by atoms with van der Waals surface area (Å²) in [6, 6.07) is 13.3. The van der Waals surface area contributed by atoms with Crippen LogP contribution in [0.3, 0.4) is 0 Å². The van der Waals surface area contributed by atoms with E-state index in [-0.39, 0.29) is 12.3 Å². The van der Waals surface area contributed by atoms with Gasteiger partial charge in [0, 0.05) is 29.1 Å². The summed E-state index contributed by atoms with van der Waals surface area (Å²) in [6.45, 7) is 3.06. The number of methoxy groups -OCH3 is 2. The van der Waals surface area contributed by atoms with Gasteiger partial charge in [-0.1, -0.05) is 29.8 Å². The van der Waals surface area contributed by atoms with E-state index in [1.807, 2.05) is 54.8 Å². The summed E-state index contributed by atoms with van der Waals surface area (Å²) in [7, 11) is 3.21. The molecule has 0 saturated heterocycles. The van der Waals surface area contributed by atoms with Crippen molar-refractivity contribution in [3.05, 3.63) is 64.1 Å². The number of halogens is 1. The summed E-state index contributed by atoms with van der Waals surface area (Å²) < 4.78 is 10.6. The van der Waals surface area contributed by atoms with Crippen LogP contribution in [0.4, 0.5) is 0 Å². The highest BCUT2D eigenvalue weighted by Gasteiger charge is 2.17. The van der Waals surface area contributed by atoms with Crippen LogP contribution in [0.25, 0.3) is 10.6 Å². The highest BCUT2D eigenvalue weighted by Crippen LogP contribution is 2.33. The second-order valence-corrected chi connectivity index (χ2v) is 7.66. The van der Waals surface area contributed by atoms with E-state index in [1.165, 1.54) is 11.3 Å². The Hall–Kier alpha value is -2.57. The van der Waals surface area contributed by atoms with Crippen LogP contribution in [0, 0.1) is 0 Å². The van der Waals surface area contributed by atoms with Crippen LogP contribution in [-0.4, -0.2) is 36.6 Å². The molecule has 2 aromatic carbocycles. The van der Waals surface area contributed by atoms with Gasteiger partial charge in [-0.3, -0.25) is 4.79 Å². The van der Waals surface area contributed by atoms with Gasteiger partial charge in [-0.2, -0.15) is 0 Å². The van der Waals surface area contributed by atoms with E-state index in [4.69, 9.17) is 21.1 Å². The first-order valence-corrected chi connectivity index (χ1v) is 10.5. The lowest BCUT2D eigenvalue weighted by Crippen LogP contribution is -2.31. The lowest BCUT2D eigenvalue weighted by Gasteiger charge is -2.21. The third-order valence-corrected chi connectivity index (χ3v) is 5.88. The number of hydrogen-bond donors (Lipinski definition) is 0. The summed E-state index contributed by atoms with van der Waals surface area (Å²) in [5, 5.41) is 3.43. The highest BCUT2D eigenvalue weighted by molar-refractivity contribution is 7.13. The Morgan fingerprint density at radius 1 is 1.14 bits per heavy atom. The maximum atomic E-state index is 12.8. The van der Waals surface area contributed by atoms with Crippen molar-refractivity contribution >= 4 is 28.8 Å². The van der Waals surface area contributed by atoms with Gasteiger partial charge in [-0.25, -0.2) is 4.98 Å². The number of rotatable bonds is 8. The predicted molar refractivity (Wildman–Crippen MR) is 117 cm³/mol. The minimum atomic E-state index is 0.0246. The molecule has 1 amide bonds. The van der Waals surface area contributed by atoms with Crippen LogP contribution in [0.1, 0.15) is 18.2 Å². The molecule has 29 heavy (non-hydrogen) atoms. The standard InChI is InChI=1S/C22H23ClN2O3S/c1-4-25(13-16-7-5-6-8-18(16)23)21(26)12-17-14-29-22(24-17)15-9-10-19(27-2)20(11-15)28-3/h5-11,14H,4,12-13H2,1-3H3. The van der Waals surface area contributed by atoms with Crippen LogP contribution >= 0.6 is 22.9 Å². The molecule has 5 nitrogen and oxygen atoms in total. The molecule has 0 atom stereocenters. The number of carbonyl (C=O) groups excluding carboxylic acids is 1. The molecule has 0 saturated carbocycles. The van der Waals surface area contributed by atoms with E-state index < -0.39 is 0 Å². The Kier molecular flexibility index (Phi) is 7.12. The van der Waals surface area contributed by atoms with Crippen molar-refractivity contribution in [2.75, 3.05) is 20.8 Å².